The standard InChI is InChI=1S/C9H14BrN3O2/c1-15-5-6(14)2-13-9-7(10)3-12-4-8(9)11/h3-4,6,14H,2,5,11H2,1H3,(H,12,13). The maximum absolute atomic E-state index is 9.43. The summed E-state index contributed by atoms with van der Waals surface area (Å²) in [5, 5.41) is 12.5. The van der Waals surface area contributed by atoms with Crippen molar-refractivity contribution in [2.24, 2.45) is 0 Å². The second-order valence-electron chi connectivity index (χ2n) is 3.08. The molecule has 0 fully saturated rings. The number of anilines is 2. The molecule has 0 aliphatic carbocycles. The van der Waals surface area contributed by atoms with E-state index in [1.807, 2.05) is 0 Å². The Morgan fingerprint density at radius 1 is 1.67 bits per heavy atom. The van der Waals surface area contributed by atoms with E-state index in [0.29, 0.717) is 12.2 Å². The van der Waals surface area contributed by atoms with E-state index in [2.05, 4.69) is 26.2 Å². The Labute approximate surface area is 96.8 Å². The monoisotopic (exact) mass is 275 g/mol. The summed E-state index contributed by atoms with van der Waals surface area (Å²) in [4.78, 5) is 3.91. The van der Waals surface area contributed by atoms with Crippen LogP contribution in [0.15, 0.2) is 16.9 Å². The van der Waals surface area contributed by atoms with Gasteiger partial charge in [-0.2, -0.15) is 0 Å². The Kier molecular flexibility index (Phi) is 4.80. The third kappa shape index (κ3) is 3.65. The Balaban J connectivity index is 2.57. The molecular weight excluding hydrogens is 262 g/mol. The lowest BCUT2D eigenvalue weighted by Gasteiger charge is -2.14. The van der Waals surface area contributed by atoms with Crippen molar-refractivity contribution in [3.63, 3.8) is 0 Å². The average molecular weight is 276 g/mol. The minimum Gasteiger partial charge on any atom is -0.396 e. The first-order valence-electron chi connectivity index (χ1n) is 4.45. The summed E-state index contributed by atoms with van der Waals surface area (Å²) in [5.74, 6) is 0. The normalized spacial score (nSPS) is 12.5. The summed E-state index contributed by atoms with van der Waals surface area (Å²) >= 11 is 3.32. The van der Waals surface area contributed by atoms with Gasteiger partial charge in [-0.15, -0.1) is 0 Å². The molecule has 0 aliphatic rings. The highest BCUT2D eigenvalue weighted by molar-refractivity contribution is 9.10. The maximum Gasteiger partial charge on any atom is 0.0945 e. The second-order valence-corrected chi connectivity index (χ2v) is 3.93. The number of hydrogen-bond donors (Lipinski definition) is 3. The summed E-state index contributed by atoms with van der Waals surface area (Å²) in [6.07, 6.45) is 2.63. The Bertz CT molecular complexity index is 302. The summed E-state index contributed by atoms with van der Waals surface area (Å²) in [7, 11) is 1.54. The number of aromatic nitrogens is 1. The summed E-state index contributed by atoms with van der Waals surface area (Å²) in [6.45, 7) is 0.663. The Morgan fingerprint density at radius 2 is 2.40 bits per heavy atom. The summed E-state index contributed by atoms with van der Waals surface area (Å²) < 4.78 is 5.58. The van der Waals surface area contributed by atoms with Crippen LogP contribution in [0.4, 0.5) is 11.4 Å². The van der Waals surface area contributed by atoms with Crippen LogP contribution >= 0.6 is 15.9 Å². The fourth-order valence-electron chi connectivity index (χ4n) is 1.11. The van der Waals surface area contributed by atoms with Gasteiger partial charge < -0.3 is 20.9 Å². The highest BCUT2D eigenvalue weighted by Gasteiger charge is 2.07. The molecule has 1 atom stereocenters. The number of pyridine rings is 1. The van der Waals surface area contributed by atoms with Crippen molar-refractivity contribution < 1.29 is 9.84 Å². The summed E-state index contributed by atoms with van der Waals surface area (Å²) in [6, 6.07) is 0. The highest BCUT2D eigenvalue weighted by Crippen LogP contribution is 2.26. The van der Waals surface area contributed by atoms with Crippen LogP contribution in [0.1, 0.15) is 0 Å². The number of nitrogens with two attached hydrogens (primary N) is 1. The molecule has 5 nitrogen and oxygen atoms in total. The van der Waals surface area contributed by atoms with Gasteiger partial charge >= 0.3 is 0 Å². The highest BCUT2D eigenvalue weighted by atomic mass is 79.9. The smallest absolute Gasteiger partial charge is 0.0945 e. The summed E-state index contributed by atoms with van der Waals surface area (Å²) in [5.41, 5.74) is 6.99. The molecule has 0 radical (unpaired) electrons. The molecule has 84 valence electrons. The van der Waals surface area contributed by atoms with Crippen LogP contribution in [-0.4, -0.2) is 36.5 Å². The number of nitrogen functional groups attached to an aromatic ring is 1. The fraction of sp³-hybridized carbons (Fsp3) is 0.444. The van der Waals surface area contributed by atoms with Crippen molar-refractivity contribution in [1.29, 1.82) is 0 Å². The molecule has 1 heterocycles. The molecular formula is C9H14BrN3O2. The average Bonchev–Trinajstić information content (AvgIpc) is 2.17. The second kappa shape index (κ2) is 5.89. The Morgan fingerprint density at radius 3 is 3.00 bits per heavy atom. The predicted molar refractivity (Wildman–Crippen MR) is 62.7 cm³/mol. The lowest BCUT2D eigenvalue weighted by Crippen LogP contribution is -2.24. The first-order valence-corrected chi connectivity index (χ1v) is 5.24. The van der Waals surface area contributed by atoms with E-state index in [1.165, 1.54) is 0 Å². The van der Waals surface area contributed by atoms with E-state index < -0.39 is 6.10 Å². The van der Waals surface area contributed by atoms with Crippen molar-refractivity contribution in [3.8, 4) is 0 Å². The predicted octanol–water partition coefficient (Wildman–Crippen LogP) is 0.845. The number of aliphatic hydroxyl groups is 1. The zero-order chi connectivity index (χ0) is 11.3. The largest absolute Gasteiger partial charge is 0.396 e. The van der Waals surface area contributed by atoms with Crippen LogP contribution in [0.25, 0.3) is 0 Å². The fourth-order valence-corrected chi connectivity index (χ4v) is 1.59. The first-order chi connectivity index (χ1) is 7.15. The molecule has 6 heteroatoms. The molecule has 0 spiro atoms. The lowest BCUT2D eigenvalue weighted by atomic mass is 10.3. The van der Waals surface area contributed by atoms with Crippen LogP contribution in [-0.2, 0) is 4.74 Å². The minimum absolute atomic E-state index is 0.287. The zero-order valence-electron chi connectivity index (χ0n) is 8.40. The SMILES string of the molecule is COCC(O)CNc1c(N)cncc1Br. The molecule has 0 bridgehead atoms. The zero-order valence-corrected chi connectivity index (χ0v) is 9.99. The van der Waals surface area contributed by atoms with Gasteiger partial charge in [0.15, 0.2) is 0 Å². The molecule has 0 amide bonds. The molecule has 0 saturated carbocycles. The third-order valence-corrected chi connectivity index (χ3v) is 2.40. The van der Waals surface area contributed by atoms with Gasteiger partial charge in [-0.05, 0) is 15.9 Å². The van der Waals surface area contributed by atoms with E-state index in [-0.39, 0.29) is 6.61 Å². The molecule has 1 aromatic heterocycles. The van der Waals surface area contributed by atoms with E-state index in [4.69, 9.17) is 10.5 Å². The molecule has 4 N–H and O–H groups in total. The van der Waals surface area contributed by atoms with E-state index >= 15 is 0 Å². The number of ether oxygens (including phenoxy) is 1. The number of methoxy groups -OCH3 is 1. The van der Waals surface area contributed by atoms with E-state index in [1.54, 1.807) is 19.5 Å². The number of nitrogens with zero attached hydrogens (tertiary/aromatic N) is 1. The van der Waals surface area contributed by atoms with Gasteiger partial charge in [0.2, 0.25) is 0 Å². The Hall–Kier alpha value is -0.850. The number of rotatable bonds is 5. The number of aliphatic hydroxyl groups excluding tert-OH is 1. The van der Waals surface area contributed by atoms with E-state index in [9.17, 15) is 5.11 Å². The van der Waals surface area contributed by atoms with Crippen LogP contribution < -0.4 is 11.1 Å². The molecule has 0 aromatic carbocycles. The van der Waals surface area contributed by atoms with Crippen LogP contribution in [0.3, 0.4) is 0 Å². The quantitative estimate of drug-likeness (QED) is 0.742. The topological polar surface area (TPSA) is 80.4 Å². The van der Waals surface area contributed by atoms with Gasteiger partial charge in [-0.25, -0.2) is 0 Å². The minimum atomic E-state index is -0.561. The van der Waals surface area contributed by atoms with Gasteiger partial charge in [-0.1, -0.05) is 0 Å². The van der Waals surface area contributed by atoms with Crippen molar-refractivity contribution in [3.05, 3.63) is 16.9 Å². The molecule has 1 rings (SSSR count). The van der Waals surface area contributed by atoms with Crippen LogP contribution in [0.5, 0.6) is 0 Å². The van der Waals surface area contributed by atoms with Crippen LogP contribution in [0, 0.1) is 0 Å². The van der Waals surface area contributed by atoms with Crippen molar-refractivity contribution >= 4 is 27.3 Å². The van der Waals surface area contributed by atoms with Crippen LogP contribution in [0.2, 0.25) is 0 Å². The number of halogens is 1. The van der Waals surface area contributed by atoms with Gasteiger partial charge in [0, 0.05) is 19.9 Å². The molecule has 1 unspecified atom stereocenters. The molecule has 0 aliphatic heterocycles. The first kappa shape index (κ1) is 12.2. The van der Waals surface area contributed by atoms with Crippen molar-refractivity contribution in [2.45, 2.75) is 6.10 Å². The lowest BCUT2D eigenvalue weighted by molar-refractivity contribution is 0.0727. The van der Waals surface area contributed by atoms with Gasteiger partial charge in [0.05, 0.1) is 34.8 Å². The van der Waals surface area contributed by atoms with Gasteiger partial charge in [0.25, 0.3) is 0 Å². The molecule has 0 saturated heterocycles. The molecule has 15 heavy (non-hydrogen) atoms. The van der Waals surface area contributed by atoms with Crippen molar-refractivity contribution in [2.75, 3.05) is 31.3 Å². The van der Waals surface area contributed by atoms with Crippen molar-refractivity contribution in [1.82, 2.24) is 4.98 Å². The van der Waals surface area contributed by atoms with Gasteiger partial charge in [-0.3, -0.25) is 4.98 Å². The number of hydrogen-bond acceptors (Lipinski definition) is 5. The van der Waals surface area contributed by atoms with E-state index in [0.717, 1.165) is 10.2 Å². The number of nitrogens with one attached hydrogen (secondary N) is 1. The maximum atomic E-state index is 9.43. The van der Waals surface area contributed by atoms with Gasteiger partial charge in [0.1, 0.15) is 0 Å². The third-order valence-electron chi connectivity index (χ3n) is 1.80. The molecule has 1 aromatic rings.